The van der Waals surface area contributed by atoms with Crippen molar-refractivity contribution in [1.82, 2.24) is 4.90 Å². The van der Waals surface area contributed by atoms with Gasteiger partial charge in [-0.05, 0) is 67.0 Å². The summed E-state index contributed by atoms with van der Waals surface area (Å²) in [5.41, 5.74) is 7.62. The summed E-state index contributed by atoms with van der Waals surface area (Å²) in [5.74, 6) is 0. The maximum absolute atomic E-state index is 6.21. The predicted octanol–water partition coefficient (Wildman–Crippen LogP) is 4.46. The Morgan fingerprint density at radius 3 is 2.48 bits per heavy atom. The molecule has 0 bridgehead atoms. The van der Waals surface area contributed by atoms with Crippen LogP contribution < -0.4 is 5.73 Å². The molecule has 1 aromatic carbocycles. The number of hydrogen-bond acceptors (Lipinski definition) is 3. The molecular weight excluding hydrogens is 344 g/mol. The van der Waals surface area contributed by atoms with Gasteiger partial charge in [-0.3, -0.25) is 4.90 Å². The second kappa shape index (κ2) is 8.08. The van der Waals surface area contributed by atoms with E-state index in [0.717, 1.165) is 19.4 Å². The normalized spacial score (nSPS) is 14.3. The van der Waals surface area contributed by atoms with Crippen LogP contribution >= 0.6 is 27.3 Å². The Kier molecular flexibility index (Phi) is 6.42. The molecule has 0 aliphatic heterocycles. The van der Waals surface area contributed by atoms with Crippen molar-refractivity contribution in [3.63, 3.8) is 0 Å². The summed E-state index contributed by atoms with van der Waals surface area (Å²) >= 11 is 5.32. The average molecular weight is 367 g/mol. The van der Waals surface area contributed by atoms with E-state index in [2.05, 4.69) is 77.3 Å². The predicted molar refractivity (Wildman–Crippen MR) is 95.8 cm³/mol. The summed E-state index contributed by atoms with van der Waals surface area (Å²) in [5, 5.41) is 0. The molecule has 2 unspecified atom stereocenters. The Morgan fingerprint density at radius 1 is 1.19 bits per heavy atom. The molecule has 2 atom stereocenters. The molecule has 2 rings (SSSR count). The van der Waals surface area contributed by atoms with E-state index >= 15 is 0 Å². The Morgan fingerprint density at radius 2 is 1.90 bits per heavy atom. The van der Waals surface area contributed by atoms with Crippen molar-refractivity contribution >= 4 is 27.3 Å². The van der Waals surface area contributed by atoms with Crippen LogP contribution in [0.5, 0.6) is 0 Å². The van der Waals surface area contributed by atoms with Gasteiger partial charge in [0.25, 0.3) is 0 Å². The number of halogens is 1. The second-order valence-electron chi connectivity index (χ2n) is 5.52. The van der Waals surface area contributed by atoms with Gasteiger partial charge < -0.3 is 5.73 Å². The second-order valence-corrected chi connectivity index (χ2v) is 8.01. The van der Waals surface area contributed by atoms with Gasteiger partial charge in [0.05, 0.1) is 9.83 Å². The highest BCUT2D eigenvalue weighted by Crippen LogP contribution is 2.31. The molecule has 1 heterocycles. The van der Waals surface area contributed by atoms with Gasteiger partial charge in [-0.2, -0.15) is 0 Å². The van der Waals surface area contributed by atoms with Crippen molar-refractivity contribution in [3.8, 4) is 0 Å². The molecule has 0 radical (unpaired) electrons. The third kappa shape index (κ3) is 4.92. The minimum Gasteiger partial charge on any atom is -0.326 e. The summed E-state index contributed by atoms with van der Waals surface area (Å²) in [6, 6.07) is 15.4. The van der Waals surface area contributed by atoms with Crippen molar-refractivity contribution in [2.75, 3.05) is 13.6 Å². The topological polar surface area (TPSA) is 29.3 Å². The van der Waals surface area contributed by atoms with Crippen LogP contribution in [0.15, 0.2) is 46.3 Å². The van der Waals surface area contributed by atoms with E-state index < -0.39 is 0 Å². The van der Waals surface area contributed by atoms with Gasteiger partial charge in [0.2, 0.25) is 0 Å². The zero-order valence-electron chi connectivity index (χ0n) is 12.6. The summed E-state index contributed by atoms with van der Waals surface area (Å²) in [6.45, 7) is 3.14. The molecule has 0 spiro atoms. The van der Waals surface area contributed by atoms with Crippen molar-refractivity contribution in [3.05, 3.63) is 56.7 Å². The Bertz CT molecular complexity index is 539. The lowest BCUT2D eigenvalue weighted by atomic mass is 10.1. The Hall–Kier alpha value is -0.680. The first-order valence-corrected chi connectivity index (χ1v) is 8.94. The van der Waals surface area contributed by atoms with Crippen molar-refractivity contribution in [2.24, 2.45) is 5.73 Å². The van der Waals surface area contributed by atoms with Gasteiger partial charge in [0, 0.05) is 10.9 Å². The largest absolute Gasteiger partial charge is 0.326 e. The van der Waals surface area contributed by atoms with Gasteiger partial charge in [-0.1, -0.05) is 30.3 Å². The molecule has 0 aliphatic carbocycles. The molecule has 0 saturated carbocycles. The van der Waals surface area contributed by atoms with Crippen LogP contribution in [0.25, 0.3) is 0 Å². The lowest BCUT2D eigenvalue weighted by Crippen LogP contribution is -2.37. The van der Waals surface area contributed by atoms with Crippen LogP contribution in [0.2, 0.25) is 0 Å². The van der Waals surface area contributed by atoms with Gasteiger partial charge >= 0.3 is 0 Å². The smallest absolute Gasteiger partial charge is 0.0702 e. The van der Waals surface area contributed by atoms with Gasteiger partial charge in [-0.25, -0.2) is 0 Å². The Labute approximate surface area is 140 Å². The fourth-order valence-electron chi connectivity index (χ4n) is 2.68. The minimum atomic E-state index is 0.122. The molecular formula is C17H23BrN2S. The highest BCUT2D eigenvalue weighted by molar-refractivity contribution is 9.11. The summed E-state index contributed by atoms with van der Waals surface area (Å²) in [6.07, 6.45) is 2.27. The number of benzene rings is 1. The molecule has 2 N–H and O–H groups in total. The van der Waals surface area contributed by atoms with Crippen molar-refractivity contribution < 1.29 is 0 Å². The van der Waals surface area contributed by atoms with Gasteiger partial charge in [-0.15, -0.1) is 11.3 Å². The van der Waals surface area contributed by atoms with Crippen LogP contribution in [-0.4, -0.2) is 24.5 Å². The number of rotatable bonds is 7. The van der Waals surface area contributed by atoms with Crippen molar-refractivity contribution in [1.29, 1.82) is 0 Å². The minimum absolute atomic E-state index is 0.122. The number of thiophene rings is 1. The number of nitrogens with zero attached hydrogens (tertiary/aromatic N) is 1. The van der Waals surface area contributed by atoms with Crippen LogP contribution in [0.3, 0.4) is 0 Å². The first kappa shape index (κ1) is 16.7. The van der Waals surface area contributed by atoms with Gasteiger partial charge in [0.15, 0.2) is 0 Å². The van der Waals surface area contributed by atoms with Crippen LogP contribution in [0, 0.1) is 0 Å². The number of nitrogens with two attached hydrogens (primary N) is 1. The summed E-state index contributed by atoms with van der Waals surface area (Å²) in [4.78, 5) is 3.71. The van der Waals surface area contributed by atoms with E-state index in [0.29, 0.717) is 0 Å². The average Bonchev–Trinajstić information content (AvgIpc) is 2.86. The maximum atomic E-state index is 6.21. The van der Waals surface area contributed by atoms with Crippen LogP contribution in [0.4, 0.5) is 0 Å². The van der Waals surface area contributed by atoms with Crippen LogP contribution in [-0.2, 0) is 6.42 Å². The molecule has 21 heavy (non-hydrogen) atoms. The molecule has 4 heteroatoms. The highest BCUT2D eigenvalue weighted by Gasteiger charge is 2.22. The lowest BCUT2D eigenvalue weighted by molar-refractivity contribution is 0.220. The monoisotopic (exact) mass is 366 g/mol. The third-order valence-corrected chi connectivity index (χ3v) is 5.37. The van der Waals surface area contributed by atoms with Gasteiger partial charge in [0.1, 0.15) is 0 Å². The molecule has 114 valence electrons. The molecule has 0 aliphatic rings. The van der Waals surface area contributed by atoms with Crippen LogP contribution in [0.1, 0.15) is 29.8 Å². The molecule has 2 aromatic rings. The standard InChI is InChI=1S/C17H23BrN2S/c1-13(19)17(15-10-11-16(18)21-15)20(2)12-6-9-14-7-4-3-5-8-14/h3-5,7-8,10-11,13,17H,6,9,12,19H2,1-2H3. The Balaban J connectivity index is 1.92. The van der Waals surface area contributed by atoms with E-state index in [1.54, 1.807) is 11.3 Å². The summed E-state index contributed by atoms with van der Waals surface area (Å²) in [7, 11) is 2.17. The number of likely N-dealkylation sites (N-methyl/N-ethyl adjacent to an activating group) is 1. The molecule has 2 nitrogen and oxygen atoms in total. The highest BCUT2D eigenvalue weighted by atomic mass is 79.9. The quantitative estimate of drug-likeness (QED) is 0.783. The summed E-state index contributed by atoms with van der Waals surface area (Å²) < 4.78 is 1.17. The number of hydrogen-bond donors (Lipinski definition) is 1. The van der Waals surface area contributed by atoms with E-state index in [9.17, 15) is 0 Å². The first-order chi connectivity index (χ1) is 10.1. The lowest BCUT2D eigenvalue weighted by Gasteiger charge is -2.30. The van der Waals surface area contributed by atoms with E-state index in [-0.39, 0.29) is 12.1 Å². The zero-order valence-corrected chi connectivity index (χ0v) is 15.0. The van der Waals surface area contributed by atoms with Crippen molar-refractivity contribution in [2.45, 2.75) is 31.8 Å². The van der Waals surface area contributed by atoms with E-state index in [1.807, 2.05) is 0 Å². The first-order valence-electron chi connectivity index (χ1n) is 7.33. The number of aryl methyl sites for hydroxylation is 1. The van der Waals surface area contributed by atoms with E-state index in [4.69, 9.17) is 5.73 Å². The molecule has 0 amide bonds. The molecule has 1 aromatic heterocycles. The maximum Gasteiger partial charge on any atom is 0.0702 e. The van der Waals surface area contributed by atoms with E-state index in [1.165, 1.54) is 14.2 Å². The third-order valence-electron chi connectivity index (χ3n) is 3.68. The fourth-order valence-corrected chi connectivity index (χ4v) is 4.39. The zero-order chi connectivity index (χ0) is 15.2. The SMILES string of the molecule is CC(N)C(c1ccc(Br)s1)N(C)CCCc1ccccc1. The molecule has 0 saturated heterocycles. The fraction of sp³-hybridized carbons (Fsp3) is 0.412. The molecule has 0 fully saturated rings.